The molecular weight excluding hydrogens is 261 g/mol. The van der Waals surface area contributed by atoms with Gasteiger partial charge >= 0.3 is 0 Å². The maximum atomic E-state index is 13.8. The topological polar surface area (TPSA) is 58.6 Å². The van der Waals surface area contributed by atoms with Gasteiger partial charge in [-0.1, -0.05) is 11.8 Å². The number of amides is 1. The number of carbonyl (C=O) groups is 1. The second-order valence-corrected chi connectivity index (χ2v) is 4.19. The molecule has 0 bridgehead atoms. The molecule has 0 aliphatic heterocycles. The van der Waals surface area contributed by atoms with Gasteiger partial charge in [-0.25, -0.2) is 4.39 Å². The van der Waals surface area contributed by atoms with Gasteiger partial charge < -0.3 is 15.2 Å². The van der Waals surface area contributed by atoms with E-state index in [0.29, 0.717) is 18.8 Å². The van der Waals surface area contributed by atoms with Crippen LogP contribution in [0.4, 0.5) is 4.39 Å². The summed E-state index contributed by atoms with van der Waals surface area (Å²) in [4.78, 5) is 11.9. The van der Waals surface area contributed by atoms with E-state index in [2.05, 4.69) is 17.2 Å². The standard InChI is InChI=1S/C15H18FNO3/c1-3-20-10-11(2)17-15(19)13-7-6-12(5-4-8-18)9-14(13)16/h6-7,9,11,18H,3,8,10H2,1-2H3,(H,17,19). The van der Waals surface area contributed by atoms with Gasteiger partial charge in [0.15, 0.2) is 0 Å². The quantitative estimate of drug-likeness (QED) is 0.799. The van der Waals surface area contributed by atoms with E-state index in [4.69, 9.17) is 9.84 Å². The zero-order valence-electron chi connectivity index (χ0n) is 11.6. The van der Waals surface area contributed by atoms with E-state index in [1.807, 2.05) is 6.92 Å². The third-order valence-corrected chi connectivity index (χ3v) is 2.47. The van der Waals surface area contributed by atoms with Gasteiger partial charge in [0.05, 0.1) is 12.2 Å². The van der Waals surface area contributed by atoms with Crippen molar-refractivity contribution < 1.29 is 19.0 Å². The first-order chi connectivity index (χ1) is 9.58. The van der Waals surface area contributed by atoms with Crippen molar-refractivity contribution in [2.24, 2.45) is 0 Å². The van der Waals surface area contributed by atoms with Gasteiger partial charge in [0.25, 0.3) is 5.91 Å². The Morgan fingerprint density at radius 3 is 2.90 bits per heavy atom. The molecule has 4 nitrogen and oxygen atoms in total. The third-order valence-electron chi connectivity index (χ3n) is 2.47. The van der Waals surface area contributed by atoms with E-state index in [1.165, 1.54) is 18.2 Å². The van der Waals surface area contributed by atoms with Crippen LogP contribution >= 0.6 is 0 Å². The fourth-order valence-electron chi connectivity index (χ4n) is 1.56. The molecule has 1 rings (SSSR count). The Hall–Kier alpha value is -1.90. The van der Waals surface area contributed by atoms with Gasteiger partial charge in [0.1, 0.15) is 12.4 Å². The molecule has 5 heteroatoms. The Bertz CT molecular complexity index is 520. The van der Waals surface area contributed by atoms with E-state index in [1.54, 1.807) is 6.92 Å². The Kier molecular flexibility index (Phi) is 6.71. The van der Waals surface area contributed by atoms with E-state index in [-0.39, 0.29) is 18.2 Å². The summed E-state index contributed by atoms with van der Waals surface area (Å²) in [6, 6.07) is 3.88. The molecule has 0 aliphatic carbocycles. The Balaban J connectivity index is 2.73. The van der Waals surface area contributed by atoms with Crippen molar-refractivity contribution in [3.63, 3.8) is 0 Å². The number of hydrogen-bond donors (Lipinski definition) is 2. The summed E-state index contributed by atoms with van der Waals surface area (Å²) in [6.45, 7) is 4.29. The molecule has 0 spiro atoms. The molecular formula is C15H18FNO3. The highest BCUT2D eigenvalue weighted by Crippen LogP contribution is 2.10. The molecule has 1 amide bonds. The van der Waals surface area contributed by atoms with Crippen molar-refractivity contribution in [1.82, 2.24) is 5.32 Å². The molecule has 2 N–H and O–H groups in total. The van der Waals surface area contributed by atoms with E-state index in [0.717, 1.165) is 0 Å². The normalized spacial score (nSPS) is 11.4. The van der Waals surface area contributed by atoms with Crippen LogP contribution in [0, 0.1) is 17.7 Å². The summed E-state index contributed by atoms with van der Waals surface area (Å²) < 4.78 is 19.0. The maximum absolute atomic E-state index is 13.8. The van der Waals surface area contributed by atoms with Gasteiger partial charge in [-0.3, -0.25) is 4.79 Å². The van der Waals surface area contributed by atoms with Crippen LogP contribution in [0.25, 0.3) is 0 Å². The predicted molar refractivity (Wildman–Crippen MR) is 73.8 cm³/mol. The first kappa shape index (κ1) is 16.2. The van der Waals surface area contributed by atoms with Gasteiger partial charge in [0.2, 0.25) is 0 Å². The van der Waals surface area contributed by atoms with Crippen LogP contribution in [0.2, 0.25) is 0 Å². The number of aliphatic hydroxyl groups excluding tert-OH is 1. The highest BCUT2D eigenvalue weighted by atomic mass is 19.1. The summed E-state index contributed by atoms with van der Waals surface area (Å²) in [5, 5.41) is 11.2. The number of aliphatic hydroxyl groups is 1. The minimum Gasteiger partial charge on any atom is -0.384 e. The van der Waals surface area contributed by atoms with Crippen LogP contribution in [0.1, 0.15) is 29.8 Å². The summed E-state index contributed by atoms with van der Waals surface area (Å²) in [7, 11) is 0. The van der Waals surface area contributed by atoms with Gasteiger partial charge in [-0.05, 0) is 32.0 Å². The van der Waals surface area contributed by atoms with Crippen LogP contribution in [0.5, 0.6) is 0 Å². The Morgan fingerprint density at radius 1 is 1.55 bits per heavy atom. The maximum Gasteiger partial charge on any atom is 0.254 e. The molecule has 0 aliphatic rings. The fourth-order valence-corrected chi connectivity index (χ4v) is 1.56. The fraction of sp³-hybridized carbons (Fsp3) is 0.400. The molecule has 0 aromatic heterocycles. The van der Waals surface area contributed by atoms with Crippen molar-refractivity contribution in [2.75, 3.05) is 19.8 Å². The first-order valence-electron chi connectivity index (χ1n) is 6.36. The lowest BCUT2D eigenvalue weighted by Crippen LogP contribution is -2.36. The molecule has 1 unspecified atom stereocenters. The van der Waals surface area contributed by atoms with E-state index < -0.39 is 11.7 Å². The average molecular weight is 279 g/mol. The third kappa shape index (κ3) is 5.00. The van der Waals surface area contributed by atoms with Crippen LogP contribution in [-0.4, -0.2) is 36.9 Å². The zero-order valence-corrected chi connectivity index (χ0v) is 11.6. The molecule has 0 heterocycles. The van der Waals surface area contributed by atoms with Crippen LogP contribution in [0.3, 0.4) is 0 Å². The second-order valence-electron chi connectivity index (χ2n) is 4.19. The number of carbonyl (C=O) groups excluding carboxylic acids is 1. The zero-order chi connectivity index (χ0) is 15.0. The highest BCUT2D eigenvalue weighted by Gasteiger charge is 2.14. The molecule has 1 aromatic rings. The number of rotatable bonds is 5. The molecule has 0 fully saturated rings. The number of hydrogen-bond acceptors (Lipinski definition) is 3. The lowest BCUT2D eigenvalue weighted by atomic mass is 10.1. The van der Waals surface area contributed by atoms with Crippen molar-refractivity contribution in [1.29, 1.82) is 0 Å². The molecule has 1 atom stereocenters. The summed E-state index contributed by atoms with van der Waals surface area (Å²) in [5.41, 5.74) is 0.373. The van der Waals surface area contributed by atoms with Crippen molar-refractivity contribution in [3.05, 3.63) is 35.1 Å². The lowest BCUT2D eigenvalue weighted by molar-refractivity contribution is 0.0868. The molecule has 108 valence electrons. The number of benzene rings is 1. The number of nitrogens with one attached hydrogen (secondary N) is 1. The summed E-state index contributed by atoms with van der Waals surface area (Å²) in [6.07, 6.45) is 0. The van der Waals surface area contributed by atoms with E-state index >= 15 is 0 Å². The van der Waals surface area contributed by atoms with Crippen LogP contribution in [0.15, 0.2) is 18.2 Å². The molecule has 0 saturated carbocycles. The number of ether oxygens (including phenoxy) is 1. The summed E-state index contributed by atoms with van der Waals surface area (Å²) in [5.74, 6) is 3.86. The van der Waals surface area contributed by atoms with Crippen molar-refractivity contribution in [3.8, 4) is 11.8 Å². The monoisotopic (exact) mass is 279 g/mol. The van der Waals surface area contributed by atoms with E-state index in [9.17, 15) is 9.18 Å². The van der Waals surface area contributed by atoms with Crippen LogP contribution in [-0.2, 0) is 4.74 Å². The Morgan fingerprint density at radius 2 is 2.30 bits per heavy atom. The first-order valence-corrected chi connectivity index (χ1v) is 6.36. The van der Waals surface area contributed by atoms with Gasteiger partial charge in [-0.15, -0.1) is 0 Å². The molecule has 0 radical (unpaired) electrons. The highest BCUT2D eigenvalue weighted by molar-refractivity contribution is 5.94. The SMILES string of the molecule is CCOCC(C)NC(=O)c1ccc(C#CCO)cc1F. The second kappa shape index (κ2) is 8.31. The Labute approximate surface area is 117 Å². The van der Waals surface area contributed by atoms with Crippen LogP contribution < -0.4 is 5.32 Å². The minimum atomic E-state index is -0.643. The average Bonchev–Trinajstić information content (AvgIpc) is 2.42. The predicted octanol–water partition coefficient (Wildman–Crippen LogP) is 1.32. The van der Waals surface area contributed by atoms with Gasteiger partial charge in [0, 0.05) is 18.2 Å². The molecule has 0 saturated heterocycles. The number of halogens is 1. The van der Waals surface area contributed by atoms with Crippen molar-refractivity contribution >= 4 is 5.91 Å². The summed E-state index contributed by atoms with van der Waals surface area (Å²) >= 11 is 0. The minimum absolute atomic E-state index is 0.0390. The molecule has 1 aromatic carbocycles. The molecule has 20 heavy (non-hydrogen) atoms. The lowest BCUT2D eigenvalue weighted by Gasteiger charge is -2.14. The van der Waals surface area contributed by atoms with Crippen molar-refractivity contribution in [2.45, 2.75) is 19.9 Å². The van der Waals surface area contributed by atoms with Gasteiger partial charge in [-0.2, -0.15) is 0 Å². The smallest absolute Gasteiger partial charge is 0.254 e. The largest absolute Gasteiger partial charge is 0.384 e.